The zero-order valence-corrected chi connectivity index (χ0v) is 17.5. The highest BCUT2D eigenvalue weighted by atomic mass is 16.7. The van der Waals surface area contributed by atoms with Gasteiger partial charge in [-0.05, 0) is 61.7 Å². The van der Waals surface area contributed by atoms with Crippen LogP contribution in [0.3, 0.4) is 0 Å². The monoisotopic (exact) mass is 390 g/mol. The van der Waals surface area contributed by atoms with Gasteiger partial charge in [0.2, 0.25) is 0 Å². The minimum Gasteiger partial charge on any atom is -0.463 e. The SMILES string of the molecule is CC(=O)OC1CCC2(C)C(C1)CC1(OCCO1)C1C3CCC(=O)C3(C)CCC12. The Morgan fingerprint density at radius 3 is 2.54 bits per heavy atom. The third-order valence-electron chi connectivity index (χ3n) is 9.46. The van der Waals surface area contributed by atoms with Gasteiger partial charge in [0.25, 0.3) is 0 Å². The zero-order valence-electron chi connectivity index (χ0n) is 17.5. The largest absolute Gasteiger partial charge is 0.463 e. The summed E-state index contributed by atoms with van der Waals surface area (Å²) in [6.45, 7) is 7.47. The number of Topliss-reactive ketones (excluding diaryl/α,β-unsaturated/α-hetero) is 1. The molecule has 1 saturated heterocycles. The van der Waals surface area contributed by atoms with Gasteiger partial charge in [-0.3, -0.25) is 9.59 Å². The van der Waals surface area contributed by atoms with Crippen molar-refractivity contribution in [2.24, 2.45) is 34.5 Å². The van der Waals surface area contributed by atoms with E-state index in [4.69, 9.17) is 14.2 Å². The summed E-state index contributed by atoms with van der Waals surface area (Å²) < 4.78 is 18.4. The lowest BCUT2D eigenvalue weighted by atomic mass is 9.43. The van der Waals surface area contributed by atoms with Crippen LogP contribution in [0.15, 0.2) is 0 Å². The highest BCUT2D eigenvalue weighted by molar-refractivity contribution is 5.87. The lowest BCUT2D eigenvalue weighted by Gasteiger charge is -2.64. The van der Waals surface area contributed by atoms with E-state index < -0.39 is 5.79 Å². The van der Waals surface area contributed by atoms with Crippen molar-refractivity contribution in [3.8, 4) is 0 Å². The van der Waals surface area contributed by atoms with E-state index in [0.29, 0.717) is 42.7 Å². The third-order valence-corrected chi connectivity index (χ3v) is 9.46. The maximum atomic E-state index is 12.8. The normalized spacial score (nSPS) is 49.4. The van der Waals surface area contributed by atoms with E-state index in [-0.39, 0.29) is 22.9 Å². The smallest absolute Gasteiger partial charge is 0.302 e. The molecule has 0 aromatic heterocycles. The summed E-state index contributed by atoms with van der Waals surface area (Å²) in [6.07, 6.45) is 7.64. The highest BCUT2D eigenvalue weighted by Crippen LogP contribution is 2.69. The van der Waals surface area contributed by atoms with Crippen LogP contribution in [0, 0.1) is 34.5 Å². The van der Waals surface area contributed by atoms with Gasteiger partial charge in [-0.15, -0.1) is 0 Å². The Morgan fingerprint density at radius 1 is 1.07 bits per heavy atom. The van der Waals surface area contributed by atoms with Crippen LogP contribution in [0.5, 0.6) is 0 Å². The second-order valence-electron chi connectivity index (χ2n) is 10.6. The van der Waals surface area contributed by atoms with Gasteiger partial charge in [-0.25, -0.2) is 0 Å². The first-order valence-electron chi connectivity index (χ1n) is 11.3. The molecule has 0 amide bonds. The Hall–Kier alpha value is -0.940. The van der Waals surface area contributed by atoms with Gasteiger partial charge >= 0.3 is 5.97 Å². The second kappa shape index (κ2) is 6.28. The number of hydrogen-bond acceptors (Lipinski definition) is 5. The first-order valence-corrected chi connectivity index (χ1v) is 11.3. The fraction of sp³-hybridized carbons (Fsp3) is 0.913. The first-order chi connectivity index (χ1) is 13.3. The predicted molar refractivity (Wildman–Crippen MR) is 102 cm³/mol. The molecule has 0 aromatic carbocycles. The molecule has 5 aliphatic rings. The highest BCUT2D eigenvalue weighted by Gasteiger charge is 2.68. The summed E-state index contributed by atoms with van der Waals surface area (Å²) in [4.78, 5) is 24.3. The van der Waals surface area contributed by atoms with Crippen LogP contribution in [-0.4, -0.2) is 36.9 Å². The van der Waals surface area contributed by atoms with Crippen molar-refractivity contribution in [1.29, 1.82) is 0 Å². The van der Waals surface area contributed by atoms with Gasteiger partial charge in [-0.2, -0.15) is 0 Å². The fourth-order valence-corrected chi connectivity index (χ4v) is 8.05. The van der Waals surface area contributed by atoms with Crippen LogP contribution in [-0.2, 0) is 23.8 Å². The molecule has 7 atom stereocenters. The van der Waals surface area contributed by atoms with E-state index in [2.05, 4.69) is 13.8 Å². The lowest BCUT2D eigenvalue weighted by molar-refractivity contribution is -0.297. The summed E-state index contributed by atoms with van der Waals surface area (Å²) in [5.41, 5.74) is 0.0243. The molecule has 156 valence electrons. The van der Waals surface area contributed by atoms with Gasteiger partial charge in [-0.1, -0.05) is 13.8 Å². The van der Waals surface area contributed by atoms with Crippen molar-refractivity contribution in [3.63, 3.8) is 0 Å². The number of carbonyl (C=O) groups is 2. The van der Waals surface area contributed by atoms with Crippen molar-refractivity contribution in [3.05, 3.63) is 0 Å². The maximum absolute atomic E-state index is 12.8. The third kappa shape index (κ3) is 2.51. The van der Waals surface area contributed by atoms with Crippen LogP contribution < -0.4 is 0 Å². The van der Waals surface area contributed by atoms with Crippen LogP contribution >= 0.6 is 0 Å². The average molecular weight is 391 g/mol. The van der Waals surface area contributed by atoms with Crippen molar-refractivity contribution in [2.45, 2.75) is 84.0 Å². The maximum Gasteiger partial charge on any atom is 0.302 e. The van der Waals surface area contributed by atoms with E-state index in [0.717, 1.165) is 51.4 Å². The van der Waals surface area contributed by atoms with Gasteiger partial charge in [0, 0.05) is 31.1 Å². The molecule has 4 aliphatic carbocycles. The molecule has 5 fully saturated rings. The van der Waals surface area contributed by atoms with E-state index >= 15 is 0 Å². The molecule has 0 radical (unpaired) electrons. The molecule has 1 heterocycles. The number of carbonyl (C=O) groups excluding carboxylic acids is 2. The van der Waals surface area contributed by atoms with E-state index in [1.54, 1.807) is 0 Å². The fourth-order valence-electron chi connectivity index (χ4n) is 8.05. The molecule has 7 unspecified atom stereocenters. The Kier molecular flexibility index (Phi) is 4.27. The number of esters is 1. The molecule has 0 N–H and O–H groups in total. The lowest BCUT2D eigenvalue weighted by Crippen LogP contribution is -2.64. The van der Waals surface area contributed by atoms with Crippen LogP contribution in [0.2, 0.25) is 0 Å². The van der Waals surface area contributed by atoms with Gasteiger partial charge in [0.15, 0.2) is 5.79 Å². The van der Waals surface area contributed by atoms with Gasteiger partial charge in [0.1, 0.15) is 11.9 Å². The summed E-state index contributed by atoms with van der Waals surface area (Å²) in [5, 5.41) is 0. The molecule has 5 heteroatoms. The van der Waals surface area contributed by atoms with E-state index in [1.165, 1.54) is 6.92 Å². The molecule has 5 nitrogen and oxygen atoms in total. The Labute approximate surface area is 167 Å². The topological polar surface area (TPSA) is 61.8 Å². The molecule has 0 bridgehead atoms. The molecule has 1 spiro atoms. The molecule has 0 aromatic rings. The zero-order chi connectivity index (χ0) is 19.7. The standard InChI is InChI=1S/C23H34O5/c1-14(24)28-16-6-8-21(2)15(12-16)13-23(26-10-11-27-23)20-17-4-5-19(25)22(17,3)9-7-18(20)21/h15-18,20H,4-13H2,1-3H3. The van der Waals surface area contributed by atoms with Crippen molar-refractivity contribution >= 4 is 11.8 Å². The van der Waals surface area contributed by atoms with Crippen molar-refractivity contribution < 1.29 is 23.8 Å². The molecular weight excluding hydrogens is 356 g/mol. The minimum atomic E-state index is -0.538. The van der Waals surface area contributed by atoms with E-state index in [9.17, 15) is 9.59 Å². The summed E-state index contributed by atoms with van der Waals surface area (Å²) in [6, 6.07) is 0. The molecule has 1 aliphatic heterocycles. The number of ether oxygens (including phenoxy) is 3. The number of ketones is 1. The van der Waals surface area contributed by atoms with Gasteiger partial charge < -0.3 is 14.2 Å². The summed E-state index contributed by atoms with van der Waals surface area (Å²) in [5.74, 6) is 1.38. The van der Waals surface area contributed by atoms with Crippen LogP contribution in [0.25, 0.3) is 0 Å². The number of hydrogen-bond donors (Lipinski definition) is 0. The van der Waals surface area contributed by atoms with Crippen molar-refractivity contribution in [1.82, 2.24) is 0 Å². The minimum absolute atomic E-state index is 0.0208. The summed E-state index contributed by atoms with van der Waals surface area (Å²) in [7, 11) is 0. The van der Waals surface area contributed by atoms with Crippen LogP contribution in [0.4, 0.5) is 0 Å². The molecule has 5 rings (SSSR count). The van der Waals surface area contributed by atoms with Gasteiger partial charge in [0.05, 0.1) is 13.2 Å². The number of rotatable bonds is 1. The summed E-state index contributed by atoms with van der Waals surface area (Å²) >= 11 is 0. The predicted octanol–water partition coefficient (Wildman–Crippen LogP) is 3.88. The Bertz CT molecular complexity index is 682. The average Bonchev–Trinajstić information content (AvgIpc) is 3.22. The molecule has 28 heavy (non-hydrogen) atoms. The van der Waals surface area contributed by atoms with Crippen LogP contribution in [0.1, 0.15) is 72.1 Å². The Balaban J connectivity index is 1.51. The Morgan fingerprint density at radius 2 is 1.82 bits per heavy atom. The quantitative estimate of drug-likeness (QED) is 0.636. The molecule has 4 saturated carbocycles. The second-order valence-corrected chi connectivity index (χ2v) is 10.6. The first kappa shape index (κ1) is 19.0. The molecular formula is C23H34O5. The van der Waals surface area contributed by atoms with E-state index in [1.807, 2.05) is 0 Å². The number of fused-ring (bicyclic) bond motifs is 6. The van der Waals surface area contributed by atoms with Crippen molar-refractivity contribution in [2.75, 3.05) is 13.2 Å².